The highest BCUT2D eigenvalue weighted by atomic mass is 35.5. The number of anilines is 1. The van der Waals surface area contributed by atoms with Gasteiger partial charge in [0.25, 0.3) is 5.91 Å². The number of para-hydroxylation sites is 1. The third-order valence-electron chi connectivity index (χ3n) is 2.15. The first-order valence-electron chi connectivity index (χ1n) is 5.12. The van der Waals surface area contributed by atoms with E-state index in [-0.39, 0.29) is 15.6 Å². The average molecular weight is 298 g/mol. The van der Waals surface area contributed by atoms with E-state index in [0.29, 0.717) is 5.69 Å². The van der Waals surface area contributed by atoms with E-state index in [1.807, 2.05) is 6.07 Å². The monoisotopic (exact) mass is 297 g/mol. The van der Waals surface area contributed by atoms with E-state index in [9.17, 15) is 9.59 Å². The highest BCUT2D eigenvalue weighted by Crippen LogP contribution is 2.34. The maximum absolute atomic E-state index is 12.0. The molecule has 0 aliphatic rings. The molecule has 1 aromatic carbocycles. The van der Waals surface area contributed by atoms with E-state index in [2.05, 4.69) is 10.1 Å². The number of carbonyl (C=O) groups is 2. The summed E-state index contributed by atoms with van der Waals surface area (Å²) in [6, 6.07) is 8.75. The van der Waals surface area contributed by atoms with Gasteiger partial charge in [-0.15, -0.1) is 11.3 Å². The number of ether oxygens (including phenoxy) is 1. The van der Waals surface area contributed by atoms with Crippen LogP contribution in [0.15, 0.2) is 35.7 Å². The summed E-state index contributed by atoms with van der Waals surface area (Å²) in [6.07, 6.45) is -1.49. The van der Waals surface area contributed by atoms with Crippen molar-refractivity contribution < 1.29 is 19.4 Å². The van der Waals surface area contributed by atoms with Gasteiger partial charge in [0, 0.05) is 11.1 Å². The molecule has 0 fully saturated rings. The van der Waals surface area contributed by atoms with Crippen molar-refractivity contribution in [3.63, 3.8) is 0 Å². The van der Waals surface area contributed by atoms with E-state index in [1.165, 1.54) is 5.38 Å². The van der Waals surface area contributed by atoms with Crippen LogP contribution in [0, 0.1) is 0 Å². The van der Waals surface area contributed by atoms with E-state index in [0.717, 1.165) is 11.3 Å². The number of rotatable bonds is 3. The summed E-state index contributed by atoms with van der Waals surface area (Å²) in [7, 11) is 0. The van der Waals surface area contributed by atoms with Crippen molar-refractivity contribution in [2.24, 2.45) is 0 Å². The van der Waals surface area contributed by atoms with E-state index in [1.54, 1.807) is 24.3 Å². The summed E-state index contributed by atoms with van der Waals surface area (Å²) in [4.78, 5) is 22.6. The Bertz CT molecular complexity index is 611. The van der Waals surface area contributed by atoms with Crippen LogP contribution >= 0.6 is 22.9 Å². The summed E-state index contributed by atoms with van der Waals surface area (Å²) in [6.45, 7) is 0. The zero-order valence-corrected chi connectivity index (χ0v) is 11.0. The SMILES string of the molecule is O=C(O)Oc1scc(Cl)c1C(=O)Nc1ccccc1. The first-order valence-corrected chi connectivity index (χ1v) is 6.38. The van der Waals surface area contributed by atoms with Crippen LogP contribution in [0.4, 0.5) is 10.5 Å². The lowest BCUT2D eigenvalue weighted by atomic mass is 10.2. The zero-order chi connectivity index (χ0) is 13.8. The van der Waals surface area contributed by atoms with Crippen LogP contribution < -0.4 is 10.1 Å². The largest absolute Gasteiger partial charge is 0.512 e. The van der Waals surface area contributed by atoms with Crippen LogP contribution in [0.2, 0.25) is 5.02 Å². The lowest BCUT2D eigenvalue weighted by Gasteiger charge is -2.05. The third-order valence-corrected chi connectivity index (χ3v) is 3.43. The standard InChI is InChI=1S/C12H8ClNO4S/c13-8-6-19-11(18-12(16)17)9(8)10(15)14-7-4-2-1-3-5-7/h1-6H,(H,14,15)(H,16,17). The van der Waals surface area contributed by atoms with Crippen molar-refractivity contribution in [3.05, 3.63) is 46.3 Å². The summed E-state index contributed by atoms with van der Waals surface area (Å²) < 4.78 is 4.51. The van der Waals surface area contributed by atoms with Crippen LogP contribution in [0.1, 0.15) is 10.4 Å². The average Bonchev–Trinajstić information content (AvgIpc) is 2.71. The van der Waals surface area contributed by atoms with Crippen LogP contribution in [0.5, 0.6) is 5.06 Å². The molecule has 7 heteroatoms. The molecule has 1 heterocycles. The van der Waals surface area contributed by atoms with Crippen molar-refractivity contribution in [2.75, 3.05) is 5.32 Å². The smallest absolute Gasteiger partial charge is 0.449 e. The second-order valence-corrected chi connectivity index (χ2v) is 4.68. The molecule has 2 aromatic rings. The summed E-state index contributed by atoms with van der Waals surface area (Å²) in [5, 5.41) is 12.7. The maximum Gasteiger partial charge on any atom is 0.512 e. The molecule has 0 atom stereocenters. The zero-order valence-electron chi connectivity index (χ0n) is 9.42. The number of carbonyl (C=O) groups excluding carboxylic acids is 1. The predicted octanol–water partition coefficient (Wildman–Crippen LogP) is 3.71. The molecule has 0 aliphatic heterocycles. The van der Waals surface area contributed by atoms with Crippen molar-refractivity contribution in [1.29, 1.82) is 0 Å². The second kappa shape index (κ2) is 5.73. The summed E-state index contributed by atoms with van der Waals surface area (Å²) in [5.41, 5.74) is 0.592. The molecular weight excluding hydrogens is 290 g/mol. The van der Waals surface area contributed by atoms with Gasteiger partial charge in [-0.2, -0.15) is 0 Å². The first kappa shape index (κ1) is 13.4. The minimum Gasteiger partial charge on any atom is -0.449 e. The Morgan fingerprint density at radius 2 is 1.95 bits per heavy atom. The predicted molar refractivity (Wildman–Crippen MR) is 72.4 cm³/mol. The molecule has 2 rings (SSSR count). The molecule has 19 heavy (non-hydrogen) atoms. The molecule has 0 unspecified atom stereocenters. The highest BCUT2D eigenvalue weighted by Gasteiger charge is 2.21. The number of nitrogens with one attached hydrogen (secondary N) is 1. The van der Waals surface area contributed by atoms with Crippen LogP contribution in [-0.2, 0) is 0 Å². The lowest BCUT2D eigenvalue weighted by Crippen LogP contribution is -2.14. The molecule has 0 radical (unpaired) electrons. The normalized spacial score (nSPS) is 9.95. The van der Waals surface area contributed by atoms with Crippen molar-refractivity contribution in [2.45, 2.75) is 0 Å². The lowest BCUT2D eigenvalue weighted by molar-refractivity contribution is 0.102. The molecule has 1 amide bonds. The number of benzene rings is 1. The van der Waals surface area contributed by atoms with Gasteiger partial charge >= 0.3 is 6.16 Å². The van der Waals surface area contributed by atoms with Gasteiger partial charge in [0.2, 0.25) is 5.06 Å². The molecular formula is C12H8ClNO4S. The van der Waals surface area contributed by atoms with Gasteiger partial charge in [-0.25, -0.2) is 4.79 Å². The van der Waals surface area contributed by atoms with Crippen LogP contribution in [0.3, 0.4) is 0 Å². The number of halogens is 1. The summed E-state index contributed by atoms with van der Waals surface area (Å²) >= 11 is 6.81. The fourth-order valence-electron chi connectivity index (χ4n) is 1.39. The maximum atomic E-state index is 12.0. The Hall–Kier alpha value is -2.05. The minimum absolute atomic E-state index is 0.0120. The molecule has 2 N–H and O–H groups in total. The van der Waals surface area contributed by atoms with Crippen molar-refractivity contribution in [3.8, 4) is 5.06 Å². The molecule has 0 bridgehead atoms. The molecule has 0 spiro atoms. The molecule has 98 valence electrons. The van der Waals surface area contributed by atoms with E-state index < -0.39 is 12.1 Å². The van der Waals surface area contributed by atoms with Gasteiger partial charge < -0.3 is 15.2 Å². The number of amides is 1. The fraction of sp³-hybridized carbons (Fsp3) is 0. The number of carboxylic acid groups (broad SMARTS) is 1. The molecule has 5 nitrogen and oxygen atoms in total. The highest BCUT2D eigenvalue weighted by molar-refractivity contribution is 7.13. The third kappa shape index (κ3) is 3.24. The van der Waals surface area contributed by atoms with Crippen LogP contribution in [0.25, 0.3) is 0 Å². The van der Waals surface area contributed by atoms with Crippen LogP contribution in [-0.4, -0.2) is 17.2 Å². The Kier molecular flexibility index (Phi) is 4.03. The van der Waals surface area contributed by atoms with E-state index in [4.69, 9.17) is 16.7 Å². The topological polar surface area (TPSA) is 75.6 Å². The first-order chi connectivity index (χ1) is 9.08. The molecule has 1 aromatic heterocycles. The van der Waals surface area contributed by atoms with Gasteiger partial charge in [0.05, 0.1) is 5.02 Å². The Balaban J connectivity index is 2.23. The molecule has 0 saturated heterocycles. The quantitative estimate of drug-likeness (QED) is 0.847. The molecule has 0 aliphatic carbocycles. The van der Waals surface area contributed by atoms with Crippen molar-refractivity contribution >= 4 is 40.7 Å². The van der Waals surface area contributed by atoms with Gasteiger partial charge in [0.15, 0.2) is 0 Å². The fourth-order valence-corrected chi connectivity index (χ4v) is 2.52. The van der Waals surface area contributed by atoms with Crippen molar-refractivity contribution in [1.82, 2.24) is 0 Å². The van der Waals surface area contributed by atoms with Gasteiger partial charge in [-0.3, -0.25) is 4.79 Å². The Morgan fingerprint density at radius 3 is 2.58 bits per heavy atom. The van der Waals surface area contributed by atoms with Gasteiger partial charge in [0.1, 0.15) is 5.56 Å². The number of hydrogen-bond donors (Lipinski definition) is 2. The number of thiophene rings is 1. The minimum atomic E-state index is -1.49. The summed E-state index contributed by atoms with van der Waals surface area (Å²) in [5.74, 6) is -0.520. The number of hydrogen-bond acceptors (Lipinski definition) is 4. The van der Waals surface area contributed by atoms with E-state index >= 15 is 0 Å². The molecule has 0 saturated carbocycles. The second-order valence-electron chi connectivity index (χ2n) is 3.43. The Morgan fingerprint density at radius 1 is 1.26 bits per heavy atom. The Labute approximate surface area is 117 Å². The van der Waals surface area contributed by atoms with Gasteiger partial charge in [-0.1, -0.05) is 29.8 Å². The van der Waals surface area contributed by atoms with Gasteiger partial charge in [-0.05, 0) is 12.1 Å².